The number of carbonyl (C=O) groups is 1. The van der Waals surface area contributed by atoms with Crippen LogP contribution in [0.4, 0.5) is 10.1 Å². The molecule has 2 heterocycles. The molecule has 1 amide bonds. The minimum Gasteiger partial charge on any atom is -0.325 e. The number of benzene rings is 1. The molecule has 2 aliphatic rings. The van der Waals surface area contributed by atoms with Crippen molar-refractivity contribution in [1.29, 1.82) is 0 Å². The zero-order valence-electron chi connectivity index (χ0n) is 14.3. The molecule has 2 fully saturated rings. The van der Waals surface area contributed by atoms with Crippen molar-refractivity contribution in [3.05, 3.63) is 42.7 Å². The number of hydrogen-bond acceptors (Lipinski definition) is 3. The van der Waals surface area contributed by atoms with Crippen LogP contribution in [0.2, 0.25) is 0 Å². The Morgan fingerprint density at radius 2 is 2.19 bits per heavy atom. The minimum atomic E-state index is -0.381. The van der Waals surface area contributed by atoms with E-state index in [-0.39, 0.29) is 42.0 Å². The number of anilines is 1. The fourth-order valence-corrected chi connectivity index (χ4v) is 4.14. The van der Waals surface area contributed by atoms with E-state index >= 15 is 0 Å². The summed E-state index contributed by atoms with van der Waals surface area (Å²) in [6.07, 6.45) is 9.11. The predicted molar refractivity (Wildman–Crippen MR) is 104 cm³/mol. The number of fused-ring (bicyclic) bond motifs is 1. The predicted octanol–water partition coefficient (Wildman–Crippen LogP) is 3.57. The summed E-state index contributed by atoms with van der Waals surface area (Å²) < 4.78 is 16.0. The Hall–Kier alpha value is -1.63. The van der Waals surface area contributed by atoms with Crippen molar-refractivity contribution in [2.45, 2.75) is 25.7 Å². The summed E-state index contributed by atoms with van der Waals surface area (Å²) in [6.45, 7) is 1.63. The smallest absolute Gasteiger partial charge is 0.232 e. The third kappa shape index (κ3) is 3.59. The topological polar surface area (TPSA) is 59.0 Å². The quantitative estimate of drug-likeness (QED) is 0.827. The Balaban J connectivity index is 0.00000121. The highest BCUT2D eigenvalue weighted by Gasteiger charge is 2.49. The molecule has 0 bridgehead atoms. The Bertz CT molecular complexity index is 756. The van der Waals surface area contributed by atoms with Crippen molar-refractivity contribution in [3.63, 3.8) is 0 Å². The number of imidazole rings is 1. The lowest BCUT2D eigenvalue weighted by Gasteiger charge is -2.37. The molecule has 0 radical (unpaired) electrons. The van der Waals surface area contributed by atoms with E-state index < -0.39 is 0 Å². The number of carbonyl (C=O) groups excluding carboxylic acids is 1. The van der Waals surface area contributed by atoms with Gasteiger partial charge in [-0.05, 0) is 43.5 Å². The maximum atomic E-state index is 14.4. The average molecular weight is 401 g/mol. The molecule has 1 aliphatic heterocycles. The molecule has 8 heteroatoms. The fourth-order valence-electron chi connectivity index (χ4n) is 4.14. The number of rotatable bonds is 3. The Labute approximate surface area is 164 Å². The zero-order valence-corrected chi connectivity index (χ0v) is 15.9. The zero-order chi connectivity index (χ0) is 16.6. The van der Waals surface area contributed by atoms with Gasteiger partial charge >= 0.3 is 0 Å². The van der Waals surface area contributed by atoms with Gasteiger partial charge in [0.1, 0.15) is 5.82 Å². The van der Waals surface area contributed by atoms with Gasteiger partial charge in [0, 0.05) is 24.6 Å². The third-order valence-electron chi connectivity index (χ3n) is 5.48. The number of halogens is 3. The molecule has 2 N–H and O–H groups in total. The van der Waals surface area contributed by atoms with Crippen LogP contribution in [0.25, 0.3) is 5.69 Å². The van der Waals surface area contributed by atoms with Gasteiger partial charge in [-0.1, -0.05) is 12.8 Å². The highest BCUT2D eigenvalue weighted by atomic mass is 35.5. The summed E-state index contributed by atoms with van der Waals surface area (Å²) in [5.74, 6) is 0.0290. The van der Waals surface area contributed by atoms with E-state index in [0.717, 1.165) is 32.4 Å². The summed E-state index contributed by atoms with van der Waals surface area (Å²) in [7, 11) is 0. The van der Waals surface area contributed by atoms with E-state index in [1.807, 2.05) is 0 Å². The van der Waals surface area contributed by atoms with Crippen LogP contribution in [-0.4, -0.2) is 28.5 Å². The number of amides is 1. The molecule has 4 rings (SSSR count). The minimum absolute atomic E-state index is 0. The van der Waals surface area contributed by atoms with Gasteiger partial charge in [-0.3, -0.25) is 4.79 Å². The van der Waals surface area contributed by atoms with Crippen molar-refractivity contribution >= 4 is 36.4 Å². The van der Waals surface area contributed by atoms with Crippen LogP contribution in [0.3, 0.4) is 0 Å². The van der Waals surface area contributed by atoms with E-state index in [0.29, 0.717) is 17.3 Å². The maximum absolute atomic E-state index is 14.4. The molecule has 0 spiro atoms. The van der Waals surface area contributed by atoms with Crippen LogP contribution in [0.15, 0.2) is 36.9 Å². The highest BCUT2D eigenvalue weighted by molar-refractivity contribution is 5.96. The van der Waals surface area contributed by atoms with E-state index in [4.69, 9.17) is 0 Å². The van der Waals surface area contributed by atoms with E-state index in [1.165, 1.54) is 12.5 Å². The summed E-state index contributed by atoms with van der Waals surface area (Å²) in [6, 6.07) is 4.78. The normalized spacial score (nSPS) is 24.1. The molecule has 2 aromatic rings. The molecule has 1 saturated heterocycles. The second-order valence-corrected chi connectivity index (χ2v) is 6.82. The van der Waals surface area contributed by atoms with Crippen LogP contribution >= 0.6 is 24.8 Å². The molecule has 1 aromatic carbocycles. The van der Waals surface area contributed by atoms with Crippen LogP contribution in [0, 0.1) is 17.2 Å². The molecular formula is C18H23Cl2FN4O. The van der Waals surface area contributed by atoms with Crippen LogP contribution in [0.5, 0.6) is 0 Å². The molecule has 1 aliphatic carbocycles. The van der Waals surface area contributed by atoms with E-state index in [1.54, 1.807) is 35.4 Å². The first-order valence-corrected chi connectivity index (χ1v) is 8.49. The highest BCUT2D eigenvalue weighted by Crippen LogP contribution is 2.44. The Morgan fingerprint density at radius 1 is 1.35 bits per heavy atom. The molecule has 1 saturated carbocycles. The van der Waals surface area contributed by atoms with Gasteiger partial charge < -0.3 is 15.2 Å². The van der Waals surface area contributed by atoms with E-state index in [2.05, 4.69) is 15.6 Å². The van der Waals surface area contributed by atoms with E-state index in [9.17, 15) is 9.18 Å². The second-order valence-electron chi connectivity index (χ2n) is 6.82. The lowest BCUT2D eigenvalue weighted by molar-refractivity contribution is -0.128. The monoisotopic (exact) mass is 400 g/mol. The molecule has 142 valence electrons. The number of aromatic nitrogens is 2. The second kappa shape index (κ2) is 8.37. The Kier molecular flexibility index (Phi) is 6.66. The molecule has 0 unspecified atom stereocenters. The summed E-state index contributed by atoms with van der Waals surface area (Å²) >= 11 is 0. The first kappa shape index (κ1) is 20.7. The molecule has 5 nitrogen and oxygen atoms in total. The summed E-state index contributed by atoms with van der Waals surface area (Å²) in [4.78, 5) is 16.8. The Morgan fingerprint density at radius 3 is 2.92 bits per heavy atom. The summed E-state index contributed by atoms with van der Waals surface area (Å²) in [5.41, 5.74) is 0.589. The standard InChI is InChI=1S/C18H21FN4O.2ClH/c19-15-9-14(4-5-16(15)23-8-7-20-12-23)22-17(24)18-6-2-1-3-13(18)10-21-11-18;;/h4-5,7-9,12-13,21H,1-3,6,10-11H2,(H,22,24);2*1H/t13-,18+;;/m0../s1. The van der Waals surface area contributed by atoms with Gasteiger partial charge in [0.15, 0.2) is 0 Å². The van der Waals surface area contributed by atoms with Crippen molar-refractivity contribution in [3.8, 4) is 5.69 Å². The van der Waals surface area contributed by atoms with Crippen LogP contribution in [0.1, 0.15) is 25.7 Å². The maximum Gasteiger partial charge on any atom is 0.232 e. The first-order valence-electron chi connectivity index (χ1n) is 8.49. The first-order chi connectivity index (χ1) is 11.7. The molecule has 1 aromatic heterocycles. The number of nitrogens with one attached hydrogen (secondary N) is 2. The average Bonchev–Trinajstić information content (AvgIpc) is 3.25. The van der Waals surface area contributed by atoms with Gasteiger partial charge in [0.05, 0.1) is 17.4 Å². The largest absolute Gasteiger partial charge is 0.325 e. The summed E-state index contributed by atoms with van der Waals surface area (Å²) in [5, 5.41) is 6.31. The molecule has 26 heavy (non-hydrogen) atoms. The fraction of sp³-hybridized carbons (Fsp3) is 0.444. The van der Waals surface area contributed by atoms with Gasteiger partial charge in [-0.15, -0.1) is 24.8 Å². The van der Waals surface area contributed by atoms with Crippen molar-refractivity contribution in [2.75, 3.05) is 18.4 Å². The number of hydrogen-bond donors (Lipinski definition) is 2. The van der Waals surface area contributed by atoms with Gasteiger partial charge in [0.25, 0.3) is 0 Å². The molecule has 2 atom stereocenters. The third-order valence-corrected chi connectivity index (χ3v) is 5.48. The SMILES string of the molecule is Cl.Cl.O=C(Nc1ccc(-n2ccnc2)c(F)c1)[C@@]12CCCC[C@H]1CNC2. The van der Waals surface area contributed by atoms with Gasteiger partial charge in [-0.25, -0.2) is 9.37 Å². The lowest BCUT2D eigenvalue weighted by Crippen LogP contribution is -2.44. The molecular weight excluding hydrogens is 378 g/mol. The van der Waals surface area contributed by atoms with Crippen molar-refractivity contribution < 1.29 is 9.18 Å². The van der Waals surface area contributed by atoms with Crippen molar-refractivity contribution in [2.24, 2.45) is 11.3 Å². The van der Waals surface area contributed by atoms with Crippen LogP contribution in [-0.2, 0) is 4.79 Å². The number of nitrogens with zero attached hydrogens (tertiary/aromatic N) is 2. The van der Waals surface area contributed by atoms with Crippen LogP contribution < -0.4 is 10.6 Å². The lowest BCUT2D eigenvalue weighted by atomic mass is 9.67. The van der Waals surface area contributed by atoms with Crippen molar-refractivity contribution in [1.82, 2.24) is 14.9 Å². The van der Waals surface area contributed by atoms with Gasteiger partial charge in [0.2, 0.25) is 5.91 Å². The van der Waals surface area contributed by atoms with Gasteiger partial charge in [-0.2, -0.15) is 0 Å².